The third-order valence-electron chi connectivity index (χ3n) is 4.52. The molecule has 1 atom stereocenters. The van der Waals surface area contributed by atoms with E-state index in [1.54, 1.807) is 30.3 Å². The molecule has 6 nitrogen and oxygen atoms in total. The number of sulfonamides is 1. The lowest BCUT2D eigenvalue weighted by molar-refractivity contribution is -0.125. The Kier molecular flexibility index (Phi) is 6.47. The largest absolute Gasteiger partial charge is 0.492 e. The minimum Gasteiger partial charge on any atom is -0.492 e. The normalized spacial score (nSPS) is 18.0. The lowest BCUT2D eigenvalue weighted by Gasteiger charge is -2.33. The molecule has 2 aromatic rings. The molecule has 144 valence electrons. The van der Waals surface area contributed by atoms with Gasteiger partial charge >= 0.3 is 0 Å². The van der Waals surface area contributed by atoms with Crippen LogP contribution in [0.4, 0.5) is 0 Å². The predicted molar refractivity (Wildman–Crippen MR) is 103 cm³/mol. The van der Waals surface area contributed by atoms with Gasteiger partial charge in [0.1, 0.15) is 18.4 Å². The third-order valence-corrected chi connectivity index (χ3v) is 6.44. The fourth-order valence-corrected chi connectivity index (χ4v) is 4.84. The van der Waals surface area contributed by atoms with Crippen molar-refractivity contribution in [3.8, 4) is 5.75 Å². The number of rotatable bonds is 7. The molecule has 1 N–H and O–H groups in total. The molecule has 0 aromatic heterocycles. The van der Waals surface area contributed by atoms with Crippen LogP contribution in [0.5, 0.6) is 5.75 Å². The van der Waals surface area contributed by atoms with E-state index >= 15 is 0 Å². The molecule has 1 saturated heterocycles. The van der Waals surface area contributed by atoms with Gasteiger partial charge in [-0.2, -0.15) is 4.31 Å². The molecule has 2 aromatic carbocycles. The van der Waals surface area contributed by atoms with Gasteiger partial charge in [-0.25, -0.2) is 8.42 Å². The zero-order chi connectivity index (χ0) is 19.1. The Balaban J connectivity index is 1.60. The van der Waals surface area contributed by atoms with E-state index < -0.39 is 16.1 Å². The Labute approximate surface area is 160 Å². The van der Waals surface area contributed by atoms with Crippen LogP contribution in [0, 0.1) is 0 Å². The van der Waals surface area contributed by atoms with Crippen molar-refractivity contribution in [1.29, 1.82) is 0 Å². The summed E-state index contributed by atoms with van der Waals surface area (Å²) in [7, 11) is -3.69. The van der Waals surface area contributed by atoms with Crippen molar-refractivity contribution in [2.24, 2.45) is 0 Å². The van der Waals surface area contributed by atoms with Crippen LogP contribution in [0.2, 0.25) is 0 Å². The van der Waals surface area contributed by atoms with Gasteiger partial charge in [0.15, 0.2) is 0 Å². The number of hydrogen-bond donors (Lipinski definition) is 1. The van der Waals surface area contributed by atoms with Crippen LogP contribution in [0.15, 0.2) is 65.6 Å². The summed E-state index contributed by atoms with van der Waals surface area (Å²) in [5.41, 5.74) is 0. The molecule has 1 heterocycles. The van der Waals surface area contributed by atoms with Crippen molar-refractivity contribution in [1.82, 2.24) is 9.62 Å². The van der Waals surface area contributed by atoms with Gasteiger partial charge in [0.05, 0.1) is 11.4 Å². The van der Waals surface area contributed by atoms with E-state index in [-0.39, 0.29) is 10.8 Å². The number of nitrogens with zero attached hydrogens (tertiary/aromatic N) is 1. The molecular weight excluding hydrogens is 364 g/mol. The third kappa shape index (κ3) is 4.87. The highest BCUT2D eigenvalue weighted by Crippen LogP contribution is 2.25. The van der Waals surface area contributed by atoms with Crippen LogP contribution in [0.3, 0.4) is 0 Å². The number of amides is 1. The maximum Gasteiger partial charge on any atom is 0.243 e. The lowest BCUT2D eigenvalue weighted by atomic mass is 10.0. The number of benzene rings is 2. The van der Waals surface area contributed by atoms with Gasteiger partial charge in [0.25, 0.3) is 0 Å². The smallest absolute Gasteiger partial charge is 0.243 e. The number of hydrogen-bond acceptors (Lipinski definition) is 4. The first-order valence-corrected chi connectivity index (χ1v) is 10.6. The average Bonchev–Trinajstić information content (AvgIpc) is 2.72. The first-order chi connectivity index (χ1) is 13.1. The molecule has 7 heteroatoms. The Hall–Kier alpha value is -2.38. The number of carbonyl (C=O) groups excluding carboxylic acids is 1. The van der Waals surface area contributed by atoms with Gasteiger partial charge in [-0.05, 0) is 37.1 Å². The average molecular weight is 388 g/mol. The second kappa shape index (κ2) is 9.01. The summed E-state index contributed by atoms with van der Waals surface area (Å²) in [6.07, 6.45) is 2.11. The molecule has 0 bridgehead atoms. The standard InChI is InChI=1S/C20H24N2O4S/c23-20(21-14-16-26-17-9-3-1-4-10-17)19-13-7-8-15-22(19)27(24,25)18-11-5-2-6-12-18/h1-6,9-12,19H,7-8,13-16H2,(H,21,23). The van der Waals surface area contributed by atoms with Crippen molar-refractivity contribution in [2.75, 3.05) is 19.7 Å². The van der Waals surface area contributed by atoms with Crippen LogP contribution in [0.1, 0.15) is 19.3 Å². The molecule has 1 fully saturated rings. The van der Waals surface area contributed by atoms with Crippen LogP contribution in [-0.2, 0) is 14.8 Å². The zero-order valence-corrected chi connectivity index (χ0v) is 15.9. The van der Waals surface area contributed by atoms with Crippen LogP contribution >= 0.6 is 0 Å². The Bertz CT molecular complexity index is 841. The van der Waals surface area contributed by atoms with Gasteiger partial charge < -0.3 is 10.1 Å². The molecule has 1 aliphatic heterocycles. The molecule has 27 heavy (non-hydrogen) atoms. The van der Waals surface area contributed by atoms with E-state index in [4.69, 9.17) is 4.74 Å². The van der Waals surface area contributed by atoms with Crippen molar-refractivity contribution in [3.05, 3.63) is 60.7 Å². The predicted octanol–water partition coefficient (Wildman–Crippen LogP) is 2.42. The summed E-state index contributed by atoms with van der Waals surface area (Å²) < 4.78 is 32.8. The maximum atomic E-state index is 12.9. The SMILES string of the molecule is O=C(NCCOc1ccccc1)C1CCCCN1S(=O)(=O)c1ccccc1. The first-order valence-electron chi connectivity index (χ1n) is 9.11. The van der Waals surface area contributed by atoms with Gasteiger partial charge in [-0.1, -0.05) is 42.8 Å². The quantitative estimate of drug-likeness (QED) is 0.739. The number of ether oxygens (including phenoxy) is 1. The molecule has 0 saturated carbocycles. The van der Waals surface area contributed by atoms with Crippen molar-refractivity contribution >= 4 is 15.9 Å². The molecule has 0 spiro atoms. The fourth-order valence-electron chi connectivity index (χ4n) is 3.16. The second-order valence-electron chi connectivity index (χ2n) is 6.39. The highest BCUT2D eigenvalue weighted by molar-refractivity contribution is 7.89. The lowest BCUT2D eigenvalue weighted by Crippen LogP contribution is -2.52. The molecule has 0 radical (unpaired) electrons. The highest BCUT2D eigenvalue weighted by atomic mass is 32.2. The van der Waals surface area contributed by atoms with Crippen molar-refractivity contribution < 1.29 is 17.9 Å². The summed E-state index contributed by atoms with van der Waals surface area (Å²) >= 11 is 0. The fraction of sp³-hybridized carbons (Fsp3) is 0.350. The van der Waals surface area contributed by atoms with E-state index in [2.05, 4.69) is 5.32 Å². The Morgan fingerprint density at radius 1 is 1.04 bits per heavy atom. The zero-order valence-electron chi connectivity index (χ0n) is 15.1. The number of carbonyl (C=O) groups is 1. The topological polar surface area (TPSA) is 75.7 Å². The number of para-hydroxylation sites is 1. The number of nitrogens with one attached hydrogen (secondary N) is 1. The summed E-state index contributed by atoms with van der Waals surface area (Å²) in [4.78, 5) is 12.8. The Morgan fingerprint density at radius 2 is 1.70 bits per heavy atom. The van der Waals surface area contributed by atoms with E-state index in [9.17, 15) is 13.2 Å². The van der Waals surface area contributed by atoms with Gasteiger partial charge in [-0.15, -0.1) is 0 Å². The highest BCUT2D eigenvalue weighted by Gasteiger charge is 2.37. The Morgan fingerprint density at radius 3 is 2.41 bits per heavy atom. The summed E-state index contributed by atoms with van der Waals surface area (Å²) in [5, 5.41) is 2.81. The first kappa shape index (κ1) is 19.4. The summed E-state index contributed by atoms with van der Waals surface area (Å²) in [6, 6.07) is 16.9. The van der Waals surface area contributed by atoms with Gasteiger partial charge in [0, 0.05) is 6.54 Å². The van der Waals surface area contributed by atoms with Crippen molar-refractivity contribution in [2.45, 2.75) is 30.2 Å². The van der Waals surface area contributed by atoms with Crippen LogP contribution in [-0.4, -0.2) is 44.4 Å². The number of piperidine rings is 1. The summed E-state index contributed by atoms with van der Waals surface area (Å²) in [5.74, 6) is 0.462. The molecule has 1 amide bonds. The van der Waals surface area contributed by atoms with E-state index in [1.165, 1.54) is 4.31 Å². The molecule has 0 aliphatic carbocycles. The molecular formula is C20H24N2O4S. The second-order valence-corrected chi connectivity index (χ2v) is 8.28. The summed E-state index contributed by atoms with van der Waals surface area (Å²) in [6.45, 7) is 1.01. The molecule has 1 aliphatic rings. The molecule has 3 rings (SSSR count). The van der Waals surface area contributed by atoms with Gasteiger partial charge in [-0.3, -0.25) is 4.79 Å². The van der Waals surface area contributed by atoms with Crippen LogP contribution in [0.25, 0.3) is 0 Å². The maximum absolute atomic E-state index is 12.9. The minimum absolute atomic E-state index is 0.220. The molecule has 1 unspecified atom stereocenters. The minimum atomic E-state index is -3.69. The van der Waals surface area contributed by atoms with Gasteiger partial charge in [0.2, 0.25) is 15.9 Å². The monoisotopic (exact) mass is 388 g/mol. The van der Waals surface area contributed by atoms with E-state index in [0.717, 1.165) is 18.6 Å². The van der Waals surface area contributed by atoms with E-state index in [0.29, 0.717) is 26.1 Å². The van der Waals surface area contributed by atoms with E-state index in [1.807, 2.05) is 30.3 Å². The van der Waals surface area contributed by atoms with Crippen LogP contribution < -0.4 is 10.1 Å². The van der Waals surface area contributed by atoms with Crippen molar-refractivity contribution in [3.63, 3.8) is 0 Å².